The third-order valence-corrected chi connectivity index (χ3v) is 3.96. The van der Waals surface area contributed by atoms with E-state index in [4.69, 9.17) is 10.5 Å². The number of nitrogens with one attached hydrogen (secondary N) is 1. The van der Waals surface area contributed by atoms with Gasteiger partial charge in [0.25, 0.3) is 0 Å². The number of hydrogen-bond donors (Lipinski definition) is 2. The summed E-state index contributed by atoms with van der Waals surface area (Å²) in [6, 6.07) is 6.72. The highest BCUT2D eigenvalue weighted by molar-refractivity contribution is 7.93. The Balaban J connectivity index is 2.88. The van der Waals surface area contributed by atoms with E-state index in [-0.39, 0.29) is 6.54 Å². The predicted octanol–water partition coefficient (Wildman–Crippen LogP) is 0.784. The van der Waals surface area contributed by atoms with Crippen molar-refractivity contribution in [1.82, 2.24) is 0 Å². The summed E-state index contributed by atoms with van der Waals surface area (Å²) in [4.78, 5) is 0. The Morgan fingerprint density at radius 2 is 2.19 bits per heavy atom. The number of nitrogens with two attached hydrogens (primary N) is 1. The first-order chi connectivity index (χ1) is 7.49. The lowest BCUT2D eigenvalue weighted by Gasteiger charge is -2.13. The lowest BCUT2D eigenvalue weighted by molar-refractivity contribution is 0.415. The zero-order valence-electron chi connectivity index (χ0n) is 9.30. The van der Waals surface area contributed by atoms with Crippen LogP contribution in [0.15, 0.2) is 24.3 Å². The fraction of sp³-hybridized carbons (Fsp3) is 0.400. The summed E-state index contributed by atoms with van der Waals surface area (Å²) in [7, 11) is -1.90. The van der Waals surface area contributed by atoms with Crippen molar-refractivity contribution in [2.45, 2.75) is 12.2 Å². The molecule has 0 amide bonds. The predicted molar refractivity (Wildman–Crippen MR) is 64.1 cm³/mol. The van der Waals surface area contributed by atoms with Gasteiger partial charge in [0.15, 0.2) is 0 Å². The zero-order chi connectivity index (χ0) is 12.2. The molecule has 1 unspecified atom stereocenters. The summed E-state index contributed by atoms with van der Waals surface area (Å²) in [5.74, 6) is 0.598. The van der Waals surface area contributed by atoms with Crippen molar-refractivity contribution in [2.24, 2.45) is 5.73 Å². The topological polar surface area (TPSA) is 81.4 Å². The number of benzene rings is 1. The molecule has 90 valence electrons. The Kier molecular flexibility index (Phi) is 4.14. The van der Waals surface area contributed by atoms with Crippen LogP contribution < -0.4 is 15.2 Å². The number of rotatable bonds is 5. The van der Waals surface area contributed by atoms with Gasteiger partial charge in [-0.2, -0.15) is 0 Å². The largest absolute Gasteiger partial charge is 0.497 e. The van der Waals surface area contributed by atoms with E-state index in [2.05, 4.69) is 4.72 Å². The second-order valence-electron chi connectivity index (χ2n) is 3.43. The quantitative estimate of drug-likeness (QED) is 0.802. The third-order valence-electron chi connectivity index (χ3n) is 2.19. The molecular weight excluding hydrogens is 228 g/mol. The van der Waals surface area contributed by atoms with E-state index in [9.17, 15) is 8.42 Å². The molecule has 1 aromatic rings. The van der Waals surface area contributed by atoms with Gasteiger partial charge in [-0.3, -0.25) is 4.72 Å². The molecule has 0 saturated heterocycles. The molecule has 0 fully saturated rings. The Morgan fingerprint density at radius 3 is 2.75 bits per heavy atom. The average Bonchev–Trinajstić information content (AvgIpc) is 2.27. The van der Waals surface area contributed by atoms with Gasteiger partial charge in [0.2, 0.25) is 10.0 Å². The fourth-order valence-electron chi connectivity index (χ4n) is 1.08. The van der Waals surface area contributed by atoms with Crippen LogP contribution >= 0.6 is 0 Å². The number of hydrogen-bond acceptors (Lipinski definition) is 4. The standard InChI is InChI=1S/C10H16N2O3S/c1-8(7-11)16(13,14)12-9-4-3-5-10(6-9)15-2/h3-6,8,12H,7,11H2,1-2H3. The second kappa shape index (κ2) is 5.18. The van der Waals surface area contributed by atoms with Crippen molar-refractivity contribution >= 4 is 15.7 Å². The zero-order valence-corrected chi connectivity index (χ0v) is 10.1. The van der Waals surface area contributed by atoms with Gasteiger partial charge >= 0.3 is 0 Å². The molecule has 0 bridgehead atoms. The molecule has 0 aliphatic rings. The minimum absolute atomic E-state index is 0.0826. The minimum atomic E-state index is -3.42. The molecule has 0 saturated carbocycles. The van der Waals surface area contributed by atoms with Crippen LogP contribution in [-0.4, -0.2) is 27.3 Å². The van der Waals surface area contributed by atoms with Crippen LogP contribution in [0.1, 0.15) is 6.92 Å². The van der Waals surface area contributed by atoms with Crippen LogP contribution in [0.25, 0.3) is 0 Å². The molecule has 5 nitrogen and oxygen atoms in total. The molecule has 16 heavy (non-hydrogen) atoms. The first-order valence-electron chi connectivity index (χ1n) is 4.85. The first-order valence-corrected chi connectivity index (χ1v) is 6.40. The van der Waals surface area contributed by atoms with Crippen molar-refractivity contribution in [1.29, 1.82) is 0 Å². The summed E-state index contributed by atoms with van der Waals surface area (Å²) in [6.45, 7) is 1.64. The molecule has 0 heterocycles. The molecule has 0 radical (unpaired) electrons. The highest BCUT2D eigenvalue weighted by Crippen LogP contribution is 2.18. The maximum atomic E-state index is 11.7. The van der Waals surface area contributed by atoms with Gasteiger partial charge in [0.05, 0.1) is 18.0 Å². The second-order valence-corrected chi connectivity index (χ2v) is 5.52. The Bertz CT molecular complexity index is 445. The summed E-state index contributed by atoms with van der Waals surface area (Å²) >= 11 is 0. The van der Waals surface area contributed by atoms with Crippen molar-refractivity contribution in [2.75, 3.05) is 18.4 Å². The lowest BCUT2D eigenvalue weighted by Crippen LogP contribution is -2.31. The lowest BCUT2D eigenvalue weighted by atomic mass is 10.3. The number of sulfonamides is 1. The van der Waals surface area contributed by atoms with Crippen LogP contribution in [0.2, 0.25) is 0 Å². The van der Waals surface area contributed by atoms with Crippen LogP contribution in [0, 0.1) is 0 Å². The summed E-state index contributed by atoms with van der Waals surface area (Å²) in [6.07, 6.45) is 0. The maximum Gasteiger partial charge on any atom is 0.236 e. The monoisotopic (exact) mass is 244 g/mol. The van der Waals surface area contributed by atoms with E-state index in [1.807, 2.05) is 0 Å². The molecule has 3 N–H and O–H groups in total. The Hall–Kier alpha value is -1.27. The number of ether oxygens (including phenoxy) is 1. The van der Waals surface area contributed by atoms with Gasteiger partial charge in [-0.15, -0.1) is 0 Å². The molecular formula is C10H16N2O3S. The van der Waals surface area contributed by atoms with Crippen molar-refractivity contribution in [3.8, 4) is 5.75 Å². The molecule has 1 atom stereocenters. The molecule has 0 spiro atoms. The molecule has 0 aromatic heterocycles. The minimum Gasteiger partial charge on any atom is -0.497 e. The SMILES string of the molecule is COc1cccc(NS(=O)(=O)C(C)CN)c1. The maximum absolute atomic E-state index is 11.7. The van der Waals surface area contributed by atoms with Gasteiger partial charge in [0, 0.05) is 12.6 Å². The smallest absolute Gasteiger partial charge is 0.236 e. The average molecular weight is 244 g/mol. The van der Waals surface area contributed by atoms with E-state index in [1.165, 1.54) is 7.11 Å². The Morgan fingerprint density at radius 1 is 1.50 bits per heavy atom. The van der Waals surface area contributed by atoms with Gasteiger partial charge < -0.3 is 10.5 Å². The van der Waals surface area contributed by atoms with E-state index in [0.29, 0.717) is 11.4 Å². The van der Waals surface area contributed by atoms with E-state index < -0.39 is 15.3 Å². The number of methoxy groups -OCH3 is 1. The summed E-state index contributed by atoms with van der Waals surface area (Å²) in [5.41, 5.74) is 5.80. The van der Waals surface area contributed by atoms with Crippen molar-refractivity contribution < 1.29 is 13.2 Å². The van der Waals surface area contributed by atoms with E-state index in [1.54, 1.807) is 31.2 Å². The third kappa shape index (κ3) is 3.11. The van der Waals surface area contributed by atoms with E-state index >= 15 is 0 Å². The summed E-state index contributed by atoms with van der Waals surface area (Å²) in [5, 5.41) is -0.626. The van der Waals surface area contributed by atoms with Crippen LogP contribution in [0.3, 0.4) is 0 Å². The van der Waals surface area contributed by atoms with Crippen LogP contribution in [-0.2, 0) is 10.0 Å². The highest BCUT2D eigenvalue weighted by Gasteiger charge is 2.18. The molecule has 0 aliphatic carbocycles. The van der Waals surface area contributed by atoms with Crippen molar-refractivity contribution in [3.63, 3.8) is 0 Å². The number of anilines is 1. The first kappa shape index (κ1) is 12.8. The molecule has 6 heteroatoms. The van der Waals surface area contributed by atoms with Crippen LogP contribution in [0.4, 0.5) is 5.69 Å². The normalized spacial score (nSPS) is 13.2. The van der Waals surface area contributed by atoms with Gasteiger partial charge in [-0.1, -0.05) is 6.07 Å². The molecule has 1 rings (SSSR count). The highest BCUT2D eigenvalue weighted by atomic mass is 32.2. The molecule has 1 aromatic carbocycles. The van der Waals surface area contributed by atoms with Gasteiger partial charge in [0.1, 0.15) is 5.75 Å². The van der Waals surface area contributed by atoms with Crippen molar-refractivity contribution in [3.05, 3.63) is 24.3 Å². The van der Waals surface area contributed by atoms with Gasteiger partial charge in [-0.25, -0.2) is 8.42 Å². The Labute approximate surface area is 95.7 Å². The van der Waals surface area contributed by atoms with Crippen LogP contribution in [0.5, 0.6) is 5.75 Å². The van der Waals surface area contributed by atoms with E-state index in [0.717, 1.165) is 0 Å². The summed E-state index contributed by atoms with van der Waals surface area (Å²) < 4.78 is 30.8. The van der Waals surface area contributed by atoms with Gasteiger partial charge in [-0.05, 0) is 19.1 Å². The molecule has 0 aliphatic heterocycles. The fourth-order valence-corrected chi connectivity index (χ4v) is 1.99.